The van der Waals surface area contributed by atoms with Crippen LogP contribution < -0.4 is 5.73 Å². The minimum Gasteiger partial charge on any atom is -0.324 e. The highest BCUT2D eigenvalue weighted by atomic mass is 79.9. The molecule has 0 radical (unpaired) electrons. The van der Waals surface area contributed by atoms with Crippen molar-refractivity contribution in [3.05, 3.63) is 33.8 Å². The third-order valence-corrected chi connectivity index (χ3v) is 3.37. The molecule has 1 atom stereocenters. The van der Waals surface area contributed by atoms with E-state index >= 15 is 0 Å². The van der Waals surface area contributed by atoms with Gasteiger partial charge in [0.1, 0.15) is 0 Å². The lowest BCUT2D eigenvalue weighted by Gasteiger charge is -2.18. The molecular weight excluding hydrogens is 226 g/mol. The van der Waals surface area contributed by atoms with E-state index in [1.165, 1.54) is 11.1 Å². The summed E-state index contributed by atoms with van der Waals surface area (Å²) in [4.78, 5) is 0. The Balaban J connectivity index is 2.60. The Morgan fingerprint density at radius 3 is 2.85 bits per heavy atom. The van der Waals surface area contributed by atoms with Crippen LogP contribution >= 0.6 is 15.9 Å². The molecule has 0 saturated heterocycles. The van der Waals surface area contributed by atoms with Crippen molar-refractivity contribution < 1.29 is 0 Å². The van der Waals surface area contributed by atoms with Crippen LogP contribution in [0.3, 0.4) is 0 Å². The fourth-order valence-electron chi connectivity index (χ4n) is 2.21. The molecule has 1 aliphatic carbocycles. The van der Waals surface area contributed by atoms with Crippen LogP contribution in [0.15, 0.2) is 22.7 Å². The molecule has 2 N–H and O–H groups in total. The fraction of sp³-hybridized carbons (Fsp3) is 0.455. The largest absolute Gasteiger partial charge is 0.324 e. The second kappa shape index (κ2) is 2.82. The zero-order chi connectivity index (χ0) is 9.64. The van der Waals surface area contributed by atoms with Gasteiger partial charge in [-0.1, -0.05) is 35.8 Å². The molecule has 1 aromatic carbocycles. The standard InChI is InChI=1S/C11H14BrN/c1-11(2)6-10(13)8-4-3-7(12)5-9(8)11/h3-5,10H,6,13H2,1-2H3. The van der Waals surface area contributed by atoms with E-state index in [9.17, 15) is 0 Å². The van der Waals surface area contributed by atoms with Crippen molar-refractivity contribution in [1.29, 1.82) is 0 Å². The predicted octanol–water partition coefficient (Wildman–Crippen LogP) is 3.13. The Hall–Kier alpha value is -0.340. The summed E-state index contributed by atoms with van der Waals surface area (Å²) < 4.78 is 1.15. The van der Waals surface area contributed by atoms with Crippen LogP contribution in [0.25, 0.3) is 0 Å². The van der Waals surface area contributed by atoms with Crippen LogP contribution in [0.1, 0.15) is 37.4 Å². The van der Waals surface area contributed by atoms with Crippen LogP contribution in [-0.2, 0) is 5.41 Å². The van der Waals surface area contributed by atoms with Gasteiger partial charge in [-0.2, -0.15) is 0 Å². The van der Waals surface area contributed by atoms with Crippen LogP contribution in [0.5, 0.6) is 0 Å². The maximum Gasteiger partial charge on any atom is 0.0306 e. The second-order valence-electron chi connectivity index (χ2n) is 4.43. The van der Waals surface area contributed by atoms with Gasteiger partial charge in [0.15, 0.2) is 0 Å². The third kappa shape index (κ3) is 1.42. The molecule has 0 amide bonds. The molecule has 1 unspecified atom stereocenters. The highest BCUT2D eigenvalue weighted by molar-refractivity contribution is 9.10. The van der Waals surface area contributed by atoms with Crippen molar-refractivity contribution in [2.24, 2.45) is 5.73 Å². The SMILES string of the molecule is CC1(C)CC(N)c2ccc(Br)cc21. The van der Waals surface area contributed by atoms with E-state index in [1.54, 1.807) is 0 Å². The molecule has 1 aliphatic rings. The summed E-state index contributed by atoms with van der Waals surface area (Å²) in [7, 11) is 0. The molecule has 0 heterocycles. The van der Waals surface area contributed by atoms with Crippen molar-refractivity contribution in [2.75, 3.05) is 0 Å². The van der Waals surface area contributed by atoms with Gasteiger partial charge in [-0.3, -0.25) is 0 Å². The van der Waals surface area contributed by atoms with Gasteiger partial charge in [-0.25, -0.2) is 0 Å². The zero-order valence-corrected chi connectivity index (χ0v) is 9.56. The van der Waals surface area contributed by atoms with E-state index in [4.69, 9.17) is 5.73 Å². The average molecular weight is 240 g/mol. The molecule has 2 rings (SSSR count). The normalized spacial score (nSPS) is 24.5. The van der Waals surface area contributed by atoms with E-state index < -0.39 is 0 Å². The van der Waals surface area contributed by atoms with Crippen molar-refractivity contribution in [3.63, 3.8) is 0 Å². The summed E-state index contributed by atoms with van der Waals surface area (Å²) >= 11 is 3.50. The maximum absolute atomic E-state index is 6.06. The van der Waals surface area contributed by atoms with Crippen LogP contribution in [0.2, 0.25) is 0 Å². The van der Waals surface area contributed by atoms with Crippen LogP contribution in [-0.4, -0.2) is 0 Å². The first-order valence-corrected chi connectivity index (χ1v) is 5.35. The molecule has 70 valence electrons. The van der Waals surface area contributed by atoms with E-state index in [-0.39, 0.29) is 11.5 Å². The van der Waals surface area contributed by atoms with Crippen molar-refractivity contribution in [1.82, 2.24) is 0 Å². The van der Waals surface area contributed by atoms with Crippen molar-refractivity contribution in [3.8, 4) is 0 Å². The zero-order valence-electron chi connectivity index (χ0n) is 7.97. The molecule has 0 fully saturated rings. The number of halogens is 1. The number of rotatable bonds is 0. The highest BCUT2D eigenvalue weighted by Crippen LogP contribution is 2.44. The molecule has 1 aromatic rings. The number of benzene rings is 1. The summed E-state index contributed by atoms with van der Waals surface area (Å²) in [5.74, 6) is 0. The molecule has 0 aromatic heterocycles. The second-order valence-corrected chi connectivity index (χ2v) is 5.34. The summed E-state index contributed by atoms with van der Waals surface area (Å²) in [6.07, 6.45) is 1.05. The minimum absolute atomic E-state index is 0.220. The van der Waals surface area contributed by atoms with E-state index in [0.717, 1.165) is 10.9 Å². The van der Waals surface area contributed by atoms with Crippen molar-refractivity contribution >= 4 is 15.9 Å². The summed E-state index contributed by atoms with van der Waals surface area (Å²) in [6, 6.07) is 6.62. The lowest BCUT2D eigenvalue weighted by molar-refractivity contribution is 0.481. The molecular formula is C11H14BrN. The maximum atomic E-state index is 6.06. The Morgan fingerprint density at radius 1 is 1.46 bits per heavy atom. The van der Waals surface area contributed by atoms with Gasteiger partial charge in [0.25, 0.3) is 0 Å². The average Bonchev–Trinajstić information content (AvgIpc) is 2.23. The van der Waals surface area contributed by atoms with Gasteiger partial charge >= 0.3 is 0 Å². The summed E-state index contributed by atoms with van der Waals surface area (Å²) in [6.45, 7) is 4.51. The Morgan fingerprint density at radius 2 is 2.15 bits per heavy atom. The van der Waals surface area contributed by atoms with E-state index in [1.807, 2.05) is 0 Å². The first-order valence-electron chi connectivity index (χ1n) is 4.56. The molecule has 2 heteroatoms. The first-order chi connectivity index (χ1) is 6.00. The van der Waals surface area contributed by atoms with Crippen molar-refractivity contribution in [2.45, 2.75) is 31.7 Å². The van der Waals surface area contributed by atoms with Gasteiger partial charge < -0.3 is 5.73 Å². The quantitative estimate of drug-likeness (QED) is 0.740. The number of fused-ring (bicyclic) bond motifs is 1. The number of hydrogen-bond donors (Lipinski definition) is 1. The molecule has 0 aliphatic heterocycles. The third-order valence-electron chi connectivity index (χ3n) is 2.87. The lowest BCUT2D eigenvalue weighted by atomic mass is 9.86. The van der Waals surface area contributed by atoms with Gasteiger partial charge in [0, 0.05) is 10.5 Å². The molecule has 1 nitrogen and oxygen atoms in total. The Bertz CT molecular complexity index is 344. The van der Waals surface area contributed by atoms with Gasteiger partial charge in [0.2, 0.25) is 0 Å². The van der Waals surface area contributed by atoms with E-state index in [2.05, 4.69) is 48.0 Å². The Kier molecular flexibility index (Phi) is 2.00. The number of hydrogen-bond acceptors (Lipinski definition) is 1. The van der Waals surface area contributed by atoms with Crippen LogP contribution in [0, 0.1) is 0 Å². The predicted molar refractivity (Wildman–Crippen MR) is 58.7 cm³/mol. The van der Waals surface area contributed by atoms with Crippen LogP contribution in [0.4, 0.5) is 0 Å². The topological polar surface area (TPSA) is 26.0 Å². The lowest BCUT2D eigenvalue weighted by Crippen LogP contribution is -2.14. The molecule has 0 saturated carbocycles. The smallest absolute Gasteiger partial charge is 0.0306 e. The van der Waals surface area contributed by atoms with Gasteiger partial charge in [-0.15, -0.1) is 0 Å². The highest BCUT2D eigenvalue weighted by Gasteiger charge is 2.34. The minimum atomic E-state index is 0.220. The van der Waals surface area contributed by atoms with Gasteiger partial charge in [-0.05, 0) is 35.1 Å². The molecule has 0 bridgehead atoms. The van der Waals surface area contributed by atoms with E-state index in [0.29, 0.717) is 0 Å². The summed E-state index contributed by atoms with van der Waals surface area (Å²) in [5.41, 5.74) is 9.00. The fourth-order valence-corrected chi connectivity index (χ4v) is 2.57. The molecule has 13 heavy (non-hydrogen) atoms. The monoisotopic (exact) mass is 239 g/mol. The summed E-state index contributed by atoms with van der Waals surface area (Å²) in [5, 5.41) is 0. The first kappa shape index (κ1) is 9.22. The Labute approximate surface area is 87.5 Å². The number of nitrogens with two attached hydrogens (primary N) is 1. The molecule has 0 spiro atoms. The van der Waals surface area contributed by atoms with Gasteiger partial charge in [0.05, 0.1) is 0 Å².